The normalized spacial score (nSPS) is 17.8. The number of hydrogen-bond donors (Lipinski definition) is 4. The molecule has 28 heavy (non-hydrogen) atoms. The summed E-state index contributed by atoms with van der Waals surface area (Å²) in [5, 5.41) is 27.0. The SMILES string of the molecule is CC(C)(O)c1cn2c(-c3cncc(N[C@@H]4CCCNC4)n3)cnc2cc1CO. The Morgan fingerprint density at radius 1 is 1.32 bits per heavy atom. The summed E-state index contributed by atoms with van der Waals surface area (Å²) in [5.41, 5.74) is 2.38. The van der Waals surface area contributed by atoms with Crippen LogP contribution in [0.1, 0.15) is 37.8 Å². The highest BCUT2D eigenvalue weighted by Gasteiger charge is 2.22. The van der Waals surface area contributed by atoms with Gasteiger partial charge in [-0.2, -0.15) is 0 Å². The fraction of sp³-hybridized carbons (Fsp3) is 0.450. The number of aromatic nitrogens is 4. The molecule has 0 bridgehead atoms. The van der Waals surface area contributed by atoms with Crippen molar-refractivity contribution in [2.75, 3.05) is 18.4 Å². The van der Waals surface area contributed by atoms with Crippen molar-refractivity contribution in [3.05, 3.63) is 42.0 Å². The Morgan fingerprint density at radius 2 is 2.18 bits per heavy atom. The molecule has 0 saturated carbocycles. The number of nitrogens with one attached hydrogen (secondary N) is 2. The first kappa shape index (κ1) is 18.8. The van der Waals surface area contributed by atoms with Gasteiger partial charge in [-0.1, -0.05) is 0 Å². The van der Waals surface area contributed by atoms with E-state index in [1.165, 1.54) is 0 Å². The molecule has 3 aromatic rings. The van der Waals surface area contributed by atoms with Gasteiger partial charge in [0.1, 0.15) is 17.2 Å². The molecule has 8 heteroatoms. The first-order valence-electron chi connectivity index (χ1n) is 9.59. The van der Waals surface area contributed by atoms with Crippen LogP contribution in [0.3, 0.4) is 0 Å². The average molecular weight is 382 g/mol. The lowest BCUT2D eigenvalue weighted by atomic mass is 9.95. The Bertz CT molecular complexity index is 972. The van der Waals surface area contributed by atoms with Crippen molar-refractivity contribution in [1.82, 2.24) is 24.7 Å². The number of nitrogens with zero attached hydrogens (tertiary/aromatic N) is 4. The van der Waals surface area contributed by atoms with Crippen LogP contribution in [-0.4, -0.2) is 48.7 Å². The molecule has 0 aromatic carbocycles. The third-order valence-electron chi connectivity index (χ3n) is 5.11. The number of piperidine rings is 1. The van der Waals surface area contributed by atoms with Gasteiger partial charge in [0.2, 0.25) is 0 Å². The molecule has 0 aliphatic carbocycles. The number of aliphatic hydroxyl groups excluding tert-OH is 1. The van der Waals surface area contributed by atoms with Gasteiger partial charge >= 0.3 is 0 Å². The number of rotatable bonds is 5. The van der Waals surface area contributed by atoms with Crippen LogP contribution in [0.2, 0.25) is 0 Å². The van der Waals surface area contributed by atoms with E-state index < -0.39 is 5.60 Å². The van der Waals surface area contributed by atoms with E-state index in [4.69, 9.17) is 4.98 Å². The van der Waals surface area contributed by atoms with Crippen LogP contribution in [0, 0.1) is 0 Å². The molecule has 1 fully saturated rings. The predicted molar refractivity (Wildman–Crippen MR) is 107 cm³/mol. The number of aliphatic hydroxyl groups is 2. The van der Waals surface area contributed by atoms with Gasteiger partial charge in [0, 0.05) is 24.3 Å². The zero-order valence-corrected chi connectivity index (χ0v) is 16.2. The molecule has 148 valence electrons. The summed E-state index contributed by atoms with van der Waals surface area (Å²) >= 11 is 0. The molecule has 0 spiro atoms. The molecule has 1 atom stereocenters. The second-order valence-corrected chi connectivity index (χ2v) is 7.78. The van der Waals surface area contributed by atoms with Crippen LogP contribution in [0.4, 0.5) is 5.82 Å². The summed E-state index contributed by atoms with van der Waals surface area (Å²) in [6.07, 6.45) is 9.24. The first-order valence-corrected chi connectivity index (χ1v) is 9.59. The molecule has 0 unspecified atom stereocenters. The molecule has 3 aromatic heterocycles. The Labute approximate surface area is 163 Å². The van der Waals surface area contributed by atoms with Gasteiger partial charge in [0.15, 0.2) is 0 Å². The van der Waals surface area contributed by atoms with Crippen molar-refractivity contribution < 1.29 is 10.2 Å². The summed E-state index contributed by atoms with van der Waals surface area (Å²) in [7, 11) is 0. The Hall–Kier alpha value is -2.55. The Kier molecular flexibility index (Phi) is 5.01. The Balaban J connectivity index is 1.72. The minimum absolute atomic E-state index is 0.160. The van der Waals surface area contributed by atoms with Crippen LogP contribution in [0.5, 0.6) is 0 Å². The molecule has 4 heterocycles. The highest BCUT2D eigenvalue weighted by Crippen LogP contribution is 2.28. The number of fused-ring (bicyclic) bond motifs is 1. The van der Waals surface area contributed by atoms with E-state index in [1.807, 2.05) is 10.6 Å². The number of pyridine rings is 1. The first-order chi connectivity index (χ1) is 13.5. The average Bonchev–Trinajstić information content (AvgIpc) is 3.10. The molecule has 0 amide bonds. The van der Waals surface area contributed by atoms with E-state index in [1.54, 1.807) is 38.5 Å². The molecule has 8 nitrogen and oxygen atoms in total. The zero-order chi connectivity index (χ0) is 19.7. The van der Waals surface area contributed by atoms with Crippen molar-refractivity contribution in [2.24, 2.45) is 0 Å². The molecule has 1 aliphatic heterocycles. The topological polar surface area (TPSA) is 108 Å². The molecule has 4 N–H and O–H groups in total. The van der Waals surface area contributed by atoms with Crippen LogP contribution in [0.15, 0.2) is 30.9 Å². The molecular weight excluding hydrogens is 356 g/mol. The van der Waals surface area contributed by atoms with Crippen molar-refractivity contribution >= 4 is 11.5 Å². The summed E-state index contributed by atoms with van der Waals surface area (Å²) in [6.45, 7) is 5.22. The molecular formula is C20H26N6O2. The monoisotopic (exact) mass is 382 g/mol. The van der Waals surface area contributed by atoms with Gasteiger partial charge in [-0.15, -0.1) is 0 Å². The predicted octanol–water partition coefficient (Wildman–Crippen LogP) is 1.67. The maximum absolute atomic E-state index is 10.5. The number of hydrogen-bond acceptors (Lipinski definition) is 7. The number of anilines is 1. The second-order valence-electron chi connectivity index (χ2n) is 7.78. The van der Waals surface area contributed by atoms with E-state index in [2.05, 4.69) is 20.6 Å². The van der Waals surface area contributed by atoms with Crippen LogP contribution < -0.4 is 10.6 Å². The smallest absolute Gasteiger partial charge is 0.145 e. The third-order valence-corrected chi connectivity index (χ3v) is 5.11. The fourth-order valence-electron chi connectivity index (χ4n) is 3.68. The molecule has 4 rings (SSSR count). The minimum Gasteiger partial charge on any atom is -0.392 e. The molecule has 0 radical (unpaired) electrons. The van der Waals surface area contributed by atoms with Crippen LogP contribution >= 0.6 is 0 Å². The molecule has 1 aliphatic rings. The van der Waals surface area contributed by atoms with Gasteiger partial charge in [-0.05, 0) is 44.9 Å². The molecule has 1 saturated heterocycles. The van der Waals surface area contributed by atoms with E-state index >= 15 is 0 Å². The standard InChI is InChI=1S/C20H26N6O2/c1-20(2,28)15-11-26-17(9-23-19(26)6-13(15)12-27)16-8-22-10-18(25-16)24-14-4-3-5-21-7-14/h6,8-11,14,21,27-28H,3-5,7,12H2,1-2H3,(H,24,25)/t14-/m1/s1. The maximum Gasteiger partial charge on any atom is 0.145 e. The summed E-state index contributed by atoms with van der Waals surface area (Å²) < 4.78 is 1.88. The second kappa shape index (κ2) is 7.46. The highest BCUT2D eigenvalue weighted by molar-refractivity contribution is 5.62. The van der Waals surface area contributed by atoms with Gasteiger partial charge in [0.25, 0.3) is 0 Å². The quantitative estimate of drug-likeness (QED) is 0.532. The lowest BCUT2D eigenvalue weighted by molar-refractivity contribution is 0.0755. The summed E-state index contributed by atoms with van der Waals surface area (Å²) in [6, 6.07) is 2.13. The highest BCUT2D eigenvalue weighted by atomic mass is 16.3. The van der Waals surface area contributed by atoms with Crippen LogP contribution in [0.25, 0.3) is 17.0 Å². The van der Waals surface area contributed by atoms with Gasteiger partial charge in [0.05, 0.1) is 36.5 Å². The van der Waals surface area contributed by atoms with Crippen LogP contribution in [-0.2, 0) is 12.2 Å². The van der Waals surface area contributed by atoms with E-state index in [0.29, 0.717) is 28.5 Å². The summed E-state index contributed by atoms with van der Waals surface area (Å²) in [5.74, 6) is 0.732. The Morgan fingerprint density at radius 3 is 2.89 bits per heavy atom. The lowest BCUT2D eigenvalue weighted by Crippen LogP contribution is -2.38. The maximum atomic E-state index is 10.5. The largest absolute Gasteiger partial charge is 0.392 e. The van der Waals surface area contributed by atoms with E-state index in [-0.39, 0.29) is 6.61 Å². The van der Waals surface area contributed by atoms with Crippen molar-refractivity contribution in [1.29, 1.82) is 0 Å². The van der Waals surface area contributed by atoms with Gasteiger partial charge < -0.3 is 20.8 Å². The fourth-order valence-corrected chi connectivity index (χ4v) is 3.68. The van der Waals surface area contributed by atoms with Crippen molar-refractivity contribution in [3.8, 4) is 11.4 Å². The lowest BCUT2D eigenvalue weighted by Gasteiger charge is -2.24. The summed E-state index contributed by atoms with van der Waals surface area (Å²) in [4.78, 5) is 13.5. The van der Waals surface area contributed by atoms with Crippen molar-refractivity contribution in [2.45, 2.75) is 44.9 Å². The van der Waals surface area contributed by atoms with Crippen molar-refractivity contribution in [3.63, 3.8) is 0 Å². The number of imidazole rings is 1. The third kappa shape index (κ3) is 3.71. The minimum atomic E-state index is -1.09. The zero-order valence-electron chi connectivity index (χ0n) is 16.2. The van der Waals surface area contributed by atoms with Gasteiger partial charge in [-0.3, -0.25) is 9.38 Å². The van der Waals surface area contributed by atoms with Gasteiger partial charge in [-0.25, -0.2) is 9.97 Å². The van der Waals surface area contributed by atoms with E-state index in [0.717, 1.165) is 37.4 Å². The van der Waals surface area contributed by atoms with E-state index in [9.17, 15) is 10.2 Å².